The van der Waals surface area contributed by atoms with E-state index in [0.29, 0.717) is 28.7 Å². The van der Waals surface area contributed by atoms with Gasteiger partial charge in [0, 0.05) is 6.61 Å². The Labute approximate surface area is 173 Å². The first-order valence-corrected chi connectivity index (χ1v) is 9.83. The highest BCUT2D eigenvalue weighted by Crippen LogP contribution is 2.29. The number of nitrogens with zero attached hydrogens (tertiary/aromatic N) is 3. The second-order valence-electron chi connectivity index (χ2n) is 6.63. The summed E-state index contributed by atoms with van der Waals surface area (Å²) >= 11 is 5.32. The first kappa shape index (κ1) is 19.4. The monoisotopic (exact) mass is 410 g/mol. The van der Waals surface area contributed by atoms with E-state index in [4.69, 9.17) is 26.4 Å². The first-order valence-electron chi connectivity index (χ1n) is 9.42. The molecule has 1 aliphatic rings. The largest absolute Gasteiger partial charge is 0.493 e. The predicted molar refractivity (Wildman–Crippen MR) is 112 cm³/mol. The van der Waals surface area contributed by atoms with Crippen molar-refractivity contribution in [1.82, 2.24) is 14.9 Å². The predicted octanol–water partition coefficient (Wildman–Crippen LogP) is 4.26. The molecule has 0 saturated carbocycles. The number of benzene rings is 2. The van der Waals surface area contributed by atoms with Crippen LogP contribution >= 0.6 is 12.2 Å². The summed E-state index contributed by atoms with van der Waals surface area (Å²) in [6, 6.07) is 15.6. The van der Waals surface area contributed by atoms with Gasteiger partial charge in [0.2, 0.25) is 4.77 Å². The van der Waals surface area contributed by atoms with Crippen molar-refractivity contribution in [3.63, 3.8) is 0 Å². The molecule has 1 saturated heterocycles. The number of hydrogen-bond acceptors (Lipinski definition) is 6. The molecule has 7 nitrogen and oxygen atoms in total. The number of methoxy groups -OCH3 is 1. The third kappa shape index (κ3) is 4.55. The first-order chi connectivity index (χ1) is 14.2. The lowest BCUT2D eigenvalue weighted by atomic mass is 10.2. The summed E-state index contributed by atoms with van der Waals surface area (Å²) in [5.74, 6) is 2.01. The quantitative estimate of drug-likeness (QED) is 0.465. The van der Waals surface area contributed by atoms with E-state index in [2.05, 4.69) is 15.3 Å². The van der Waals surface area contributed by atoms with Crippen LogP contribution in [0.1, 0.15) is 35.9 Å². The Kier molecular flexibility index (Phi) is 6.02. The molecule has 0 spiro atoms. The van der Waals surface area contributed by atoms with E-state index in [1.54, 1.807) is 18.0 Å². The molecule has 29 heavy (non-hydrogen) atoms. The van der Waals surface area contributed by atoms with Gasteiger partial charge >= 0.3 is 0 Å². The highest BCUT2D eigenvalue weighted by molar-refractivity contribution is 7.71. The summed E-state index contributed by atoms with van der Waals surface area (Å²) in [7, 11) is 1.62. The van der Waals surface area contributed by atoms with Crippen LogP contribution < -0.4 is 9.47 Å². The molecular weight excluding hydrogens is 388 g/mol. The molecule has 1 N–H and O–H groups in total. The maximum absolute atomic E-state index is 5.97. The Bertz CT molecular complexity index is 1040. The summed E-state index contributed by atoms with van der Waals surface area (Å²) in [5.41, 5.74) is 1.94. The van der Waals surface area contributed by atoms with E-state index in [9.17, 15) is 0 Å². The van der Waals surface area contributed by atoms with E-state index in [-0.39, 0.29) is 6.10 Å². The minimum Gasteiger partial charge on any atom is -0.493 e. The number of ether oxygens (including phenoxy) is 3. The number of aromatic amines is 1. The lowest BCUT2D eigenvalue weighted by molar-refractivity contribution is 0.102. The molecule has 0 unspecified atom stereocenters. The third-order valence-electron chi connectivity index (χ3n) is 4.64. The molecule has 1 atom stereocenters. The fourth-order valence-corrected chi connectivity index (χ4v) is 3.34. The Morgan fingerprint density at radius 2 is 2.14 bits per heavy atom. The lowest BCUT2D eigenvalue weighted by Gasteiger charge is -2.11. The van der Waals surface area contributed by atoms with Gasteiger partial charge in [-0.2, -0.15) is 14.9 Å². The summed E-state index contributed by atoms with van der Waals surface area (Å²) in [6.07, 6.45) is 3.56. The minimum atomic E-state index is -0.0827. The average molecular weight is 410 g/mol. The molecule has 0 aliphatic carbocycles. The summed E-state index contributed by atoms with van der Waals surface area (Å²) in [5, 5.41) is 11.6. The molecule has 1 aliphatic heterocycles. The van der Waals surface area contributed by atoms with Crippen molar-refractivity contribution in [2.24, 2.45) is 5.10 Å². The number of H-pyrrole nitrogens is 1. The molecule has 8 heteroatoms. The van der Waals surface area contributed by atoms with Crippen molar-refractivity contribution in [3.8, 4) is 11.5 Å². The summed E-state index contributed by atoms with van der Waals surface area (Å²) in [6.45, 7) is 1.18. The smallest absolute Gasteiger partial charge is 0.216 e. The minimum absolute atomic E-state index is 0.0827. The zero-order valence-electron chi connectivity index (χ0n) is 16.1. The summed E-state index contributed by atoms with van der Waals surface area (Å²) in [4.78, 5) is 0. The maximum atomic E-state index is 5.97. The standard InChI is InChI=1S/C21H22N4O3S/c1-26-17-10-9-16(12-19(17)28-14-15-6-3-2-4-7-15)13-22-25-20(23-24-21(25)29)18-8-5-11-27-18/h2-4,6-7,9-10,12-13,18H,5,8,11,14H2,1H3,(H,24,29)/b22-13-/t18-/m1/s1. The van der Waals surface area contributed by atoms with Crippen molar-refractivity contribution >= 4 is 18.4 Å². The molecule has 0 amide bonds. The van der Waals surface area contributed by atoms with Gasteiger partial charge in [-0.05, 0) is 54.4 Å². The van der Waals surface area contributed by atoms with Crippen LogP contribution in [0.2, 0.25) is 0 Å². The Balaban J connectivity index is 1.55. The van der Waals surface area contributed by atoms with Crippen molar-refractivity contribution in [1.29, 1.82) is 0 Å². The molecular formula is C21H22N4O3S. The van der Waals surface area contributed by atoms with Gasteiger partial charge in [-0.3, -0.25) is 5.10 Å². The van der Waals surface area contributed by atoms with Gasteiger partial charge in [0.05, 0.1) is 13.3 Å². The van der Waals surface area contributed by atoms with E-state index in [0.717, 1.165) is 30.6 Å². The highest BCUT2D eigenvalue weighted by atomic mass is 32.1. The molecule has 2 aromatic carbocycles. The highest BCUT2D eigenvalue weighted by Gasteiger charge is 2.23. The maximum Gasteiger partial charge on any atom is 0.216 e. The van der Waals surface area contributed by atoms with E-state index >= 15 is 0 Å². The number of aromatic nitrogens is 3. The van der Waals surface area contributed by atoms with Gasteiger partial charge in [-0.25, -0.2) is 0 Å². The molecule has 150 valence electrons. The molecule has 1 aromatic heterocycles. The number of rotatable bonds is 7. The van der Waals surface area contributed by atoms with Crippen LogP contribution in [0.5, 0.6) is 11.5 Å². The SMILES string of the molecule is COc1ccc(/C=N\n2c([C@H]3CCCO3)n[nH]c2=S)cc1OCc1ccccc1. The van der Waals surface area contributed by atoms with Crippen molar-refractivity contribution < 1.29 is 14.2 Å². The van der Waals surface area contributed by atoms with Gasteiger partial charge in [-0.15, -0.1) is 0 Å². The Morgan fingerprint density at radius 3 is 2.90 bits per heavy atom. The number of hydrogen-bond donors (Lipinski definition) is 1. The van der Waals surface area contributed by atoms with E-state index in [1.165, 1.54) is 0 Å². The molecule has 2 heterocycles. The molecule has 3 aromatic rings. The fraction of sp³-hybridized carbons (Fsp3) is 0.286. The Morgan fingerprint density at radius 1 is 1.28 bits per heavy atom. The third-order valence-corrected chi connectivity index (χ3v) is 4.90. The second-order valence-corrected chi connectivity index (χ2v) is 7.02. The van der Waals surface area contributed by atoms with Crippen LogP contribution in [-0.4, -0.2) is 34.8 Å². The van der Waals surface area contributed by atoms with Gasteiger partial charge in [0.1, 0.15) is 12.7 Å². The van der Waals surface area contributed by atoms with Crippen LogP contribution in [0.25, 0.3) is 0 Å². The van der Waals surface area contributed by atoms with Crippen molar-refractivity contribution in [3.05, 3.63) is 70.3 Å². The molecule has 0 bridgehead atoms. The summed E-state index contributed by atoms with van der Waals surface area (Å²) < 4.78 is 19.1. The fourth-order valence-electron chi connectivity index (χ4n) is 3.15. The van der Waals surface area contributed by atoms with Crippen LogP contribution in [0, 0.1) is 4.77 Å². The van der Waals surface area contributed by atoms with Crippen LogP contribution in [0.15, 0.2) is 53.6 Å². The molecule has 0 radical (unpaired) electrons. The van der Waals surface area contributed by atoms with E-state index < -0.39 is 0 Å². The average Bonchev–Trinajstić information content (AvgIpc) is 3.41. The van der Waals surface area contributed by atoms with Crippen LogP contribution in [0.4, 0.5) is 0 Å². The number of nitrogens with one attached hydrogen (secondary N) is 1. The van der Waals surface area contributed by atoms with Crippen LogP contribution in [-0.2, 0) is 11.3 Å². The van der Waals surface area contributed by atoms with Crippen molar-refractivity contribution in [2.75, 3.05) is 13.7 Å². The lowest BCUT2D eigenvalue weighted by Crippen LogP contribution is -2.05. The topological polar surface area (TPSA) is 73.7 Å². The van der Waals surface area contributed by atoms with Gasteiger partial charge < -0.3 is 14.2 Å². The second kappa shape index (κ2) is 9.02. The van der Waals surface area contributed by atoms with Gasteiger partial charge in [-0.1, -0.05) is 30.3 Å². The molecule has 4 rings (SSSR count). The zero-order chi connectivity index (χ0) is 20.1. The Hall–Kier alpha value is -2.97. The van der Waals surface area contributed by atoms with Crippen molar-refractivity contribution in [2.45, 2.75) is 25.6 Å². The van der Waals surface area contributed by atoms with E-state index in [1.807, 2.05) is 48.5 Å². The normalized spacial score (nSPS) is 16.4. The van der Waals surface area contributed by atoms with Gasteiger partial charge in [0.25, 0.3) is 0 Å². The molecule has 1 fully saturated rings. The zero-order valence-corrected chi connectivity index (χ0v) is 16.9. The van der Waals surface area contributed by atoms with Gasteiger partial charge in [0.15, 0.2) is 17.3 Å². The van der Waals surface area contributed by atoms with Crippen LogP contribution in [0.3, 0.4) is 0 Å².